The number of carbonyl (C=O) groups is 1. The fourth-order valence-corrected chi connectivity index (χ4v) is 3.08. The number of hydrogen-bond donors (Lipinski definition) is 3. The number of rotatable bonds is 3. The molecule has 1 aromatic carbocycles. The van der Waals surface area contributed by atoms with Crippen LogP contribution >= 0.6 is 0 Å². The summed E-state index contributed by atoms with van der Waals surface area (Å²) in [7, 11) is 0. The first-order valence-corrected chi connectivity index (χ1v) is 8.04. The lowest BCUT2D eigenvalue weighted by atomic mass is 9.76. The second-order valence-electron chi connectivity index (χ2n) is 6.78. The molecule has 2 heterocycles. The number of ether oxygens (including phenoxy) is 1. The molecule has 0 spiro atoms. The monoisotopic (exact) mass is 371 g/mol. The zero-order valence-electron chi connectivity index (χ0n) is 14.6. The standard InChI is InChI=1S/C18H17N3O6/c1-17(2)18(25,26)16(11-7-10(8-19)3-5-13(11)27-17)12-4-6-14(22)21(20-12)9-15(23)24/h3-7,16,25-26H,9H2,1-2H3,(H,23,24). The van der Waals surface area contributed by atoms with Crippen molar-refractivity contribution in [3.63, 3.8) is 0 Å². The highest BCUT2D eigenvalue weighted by molar-refractivity contribution is 5.66. The van der Waals surface area contributed by atoms with Crippen LogP contribution in [0, 0.1) is 11.3 Å². The lowest BCUT2D eigenvalue weighted by Crippen LogP contribution is -2.60. The van der Waals surface area contributed by atoms with Gasteiger partial charge in [0.25, 0.3) is 5.56 Å². The van der Waals surface area contributed by atoms with Crippen LogP contribution in [0.15, 0.2) is 35.1 Å². The van der Waals surface area contributed by atoms with Crippen LogP contribution in [0.4, 0.5) is 0 Å². The third-order valence-electron chi connectivity index (χ3n) is 4.57. The molecule has 3 N–H and O–H groups in total. The van der Waals surface area contributed by atoms with Gasteiger partial charge in [-0.15, -0.1) is 0 Å². The molecule has 1 atom stereocenters. The van der Waals surface area contributed by atoms with Gasteiger partial charge in [-0.3, -0.25) is 9.59 Å². The maximum absolute atomic E-state index is 11.9. The Kier molecular flexibility index (Phi) is 4.26. The number of fused-ring (bicyclic) bond motifs is 1. The van der Waals surface area contributed by atoms with E-state index in [0.29, 0.717) is 11.3 Å². The zero-order chi connectivity index (χ0) is 20.0. The van der Waals surface area contributed by atoms with Crippen LogP contribution in [-0.2, 0) is 11.3 Å². The Hall–Kier alpha value is -3.22. The average Bonchev–Trinajstić information content (AvgIpc) is 2.57. The molecule has 27 heavy (non-hydrogen) atoms. The highest BCUT2D eigenvalue weighted by Gasteiger charge is 2.56. The normalized spacial score (nSPS) is 19.4. The quantitative estimate of drug-likeness (QED) is 0.648. The van der Waals surface area contributed by atoms with E-state index >= 15 is 0 Å². The van der Waals surface area contributed by atoms with E-state index in [4.69, 9.17) is 15.1 Å². The summed E-state index contributed by atoms with van der Waals surface area (Å²) in [6.45, 7) is 2.29. The van der Waals surface area contributed by atoms with Gasteiger partial charge < -0.3 is 20.1 Å². The van der Waals surface area contributed by atoms with Crippen molar-refractivity contribution in [1.29, 1.82) is 5.26 Å². The van der Waals surface area contributed by atoms with Crippen molar-refractivity contribution in [2.45, 2.75) is 37.7 Å². The Morgan fingerprint density at radius 3 is 2.67 bits per heavy atom. The smallest absolute Gasteiger partial charge is 0.325 e. The van der Waals surface area contributed by atoms with Crippen molar-refractivity contribution < 1.29 is 24.9 Å². The van der Waals surface area contributed by atoms with E-state index < -0.39 is 35.4 Å². The van der Waals surface area contributed by atoms with Gasteiger partial charge >= 0.3 is 5.97 Å². The molecule has 9 heteroatoms. The number of aromatic nitrogens is 2. The molecule has 0 saturated heterocycles. The maximum Gasteiger partial charge on any atom is 0.325 e. The summed E-state index contributed by atoms with van der Waals surface area (Å²) in [5, 5.41) is 43.9. The van der Waals surface area contributed by atoms with E-state index in [1.54, 1.807) is 6.07 Å². The fourth-order valence-electron chi connectivity index (χ4n) is 3.08. The van der Waals surface area contributed by atoms with Crippen LogP contribution < -0.4 is 10.3 Å². The van der Waals surface area contributed by atoms with Gasteiger partial charge in [0.15, 0.2) is 5.60 Å². The second kappa shape index (κ2) is 6.19. The summed E-state index contributed by atoms with van der Waals surface area (Å²) in [4.78, 5) is 22.8. The average molecular weight is 371 g/mol. The van der Waals surface area contributed by atoms with Crippen LogP contribution in [0.1, 0.15) is 36.6 Å². The molecule has 1 aliphatic rings. The van der Waals surface area contributed by atoms with Gasteiger partial charge in [0.2, 0.25) is 5.79 Å². The van der Waals surface area contributed by atoms with Crippen LogP contribution in [0.3, 0.4) is 0 Å². The SMILES string of the molecule is CC1(C)Oc2ccc(C#N)cc2C(c2ccc(=O)n(CC(=O)O)n2)C1(O)O. The molecule has 0 saturated carbocycles. The molecule has 0 radical (unpaired) electrons. The van der Waals surface area contributed by atoms with Gasteiger partial charge in [-0.1, -0.05) is 0 Å². The summed E-state index contributed by atoms with van der Waals surface area (Å²) in [5.74, 6) is -4.56. The minimum Gasteiger partial charge on any atom is -0.482 e. The number of carboxylic acids is 1. The van der Waals surface area contributed by atoms with Crippen LogP contribution in [0.2, 0.25) is 0 Å². The Morgan fingerprint density at radius 2 is 2.04 bits per heavy atom. The summed E-state index contributed by atoms with van der Waals surface area (Å²) < 4.78 is 6.43. The highest BCUT2D eigenvalue weighted by Crippen LogP contribution is 2.48. The van der Waals surface area contributed by atoms with E-state index in [2.05, 4.69) is 5.10 Å². The molecule has 1 aromatic heterocycles. The topological polar surface area (TPSA) is 146 Å². The van der Waals surface area contributed by atoms with Gasteiger partial charge in [-0.05, 0) is 38.1 Å². The number of nitriles is 1. The Morgan fingerprint density at radius 1 is 1.33 bits per heavy atom. The van der Waals surface area contributed by atoms with Gasteiger partial charge in [-0.2, -0.15) is 10.4 Å². The Labute approximate surface area is 153 Å². The molecular weight excluding hydrogens is 354 g/mol. The number of nitrogens with zero attached hydrogens (tertiary/aromatic N) is 3. The van der Waals surface area contributed by atoms with Gasteiger partial charge in [-0.25, -0.2) is 4.68 Å². The molecule has 0 bridgehead atoms. The Balaban J connectivity index is 2.25. The first kappa shape index (κ1) is 18.6. The molecule has 2 aromatic rings. The molecule has 1 aliphatic heterocycles. The van der Waals surface area contributed by atoms with Crippen LogP contribution in [0.25, 0.3) is 0 Å². The fraction of sp³-hybridized carbons (Fsp3) is 0.333. The van der Waals surface area contributed by atoms with Gasteiger partial charge in [0.1, 0.15) is 12.3 Å². The van der Waals surface area contributed by atoms with Crippen molar-refractivity contribution in [2.75, 3.05) is 0 Å². The third kappa shape index (κ3) is 3.05. The minimum atomic E-state index is -2.45. The van der Waals surface area contributed by atoms with Gasteiger partial charge in [0.05, 0.1) is 23.2 Å². The molecule has 1 unspecified atom stereocenters. The highest BCUT2D eigenvalue weighted by atomic mass is 16.6. The first-order chi connectivity index (χ1) is 12.6. The number of benzene rings is 1. The van der Waals surface area contributed by atoms with Crippen molar-refractivity contribution in [2.24, 2.45) is 0 Å². The third-order valence-corrected chi connectivity index (χ3v) is 4.57. The molecule has 0 amide bonds. The molecule has 0 fully saturated rings. The molecule has 3 rings (SSSR count). The number of hydrogen-bond acceptors (Lipinski definition) is 7. The van der Waals surface area contributed by atoms with Gasteiger partial charge in [0, 0.05) is 11.6 Å². The Bertz CT molecular complexity index is 1020. The van der Waals surface area contributed by atoms with E-state index in [0.717, 1.165) is 10.7 Å². The summed E-state index contributed by atoms with van der Waals surface area (Å²) in [5.41, 5.74) is -1.45. The van der Waals surface area contributed by atoms with Crippen LogP contribution in [-0.4, -0.2) is 42.5 Å². The van der Waals surface area contributed by atoms with Crippen molar-refractivity contribution >= 4 is 5.97 Å². The van der Waals surface area contributed by atoms with Crippen molar-refractivity contribution in [3.8, 4) is 11.8 Å². The summed E-state index contributed by atoms with van der Waals surface area (Å²) in [6, 6.07) is 8.91. The van der Waals surface area contributed by atoms with E-state index in [-0.39, 0.29) is 11.3 Å². The van der Waals surface area contributed by atoms with E-state index in [9.17, 15) is 19.8 Å². The lowest BCUT2D eigenvalue weighted by molar-refractivity contribution is -0.269. The largest absolute Gasteiger partial charge is 0.482 e. The summed E-state index contributed by atoms with van der Waals surface area (Å²) in [6.07, 6.45) is 0. The molecule has 140 valence electrons. The molecule has 9 nitrogen and oxygen atoms in total. The number of aliphatic hydroxyl groups is 2. The van der Waals surface area contributed by atoms with Crippen molar-refractivity contribution in [3.05, 3.63) is 57.5 Å². The number of carboxylic acid groups (broad SMARTS) is 1. The van der Waals surface area contributed by atoms with E-state index in [1.807, 2.05) is 6.07 Å². The zero-order valence-corrected chi connectivity index (χ0v) is 14.6. The minimum absolute atomic E-state index is 0.0635. The molecule has 0 aliphatic carbocycles. The first-order valence-electron chi connectivity index (χ1n) is 8.04. The maximum atomic E-state index is 11.9. The second-order valence-corrected chi connectivity index (χ2v) is 6.78. The predicted molar refractivity (Wildman–Crippen MR) is 91.0 cm³/mol. The predicted octanol–water partition coefficient (Wildman–Crippen LogP) is 0.183. The summed E-state index contributed by atoms with van der Waals surface area (Å²) >= 11 is 0. The van der Waals surface area contributed by atoms with E-state index in [1.165, 1.54) is 32.0 Å². The number of aliphatic carboxylic acids is 1. The molecular formula is C18H17N3O6. The van der Waals surface area contributed by atoms with Crippen molar-refractivity contribution in [1.82, 2.24) is 9.78 Å². The van der Waals surface area contributed by atoms with Crippen LogP contribution in [0.5, 0.6) is 5.75 Å². The lowest BCUT2D eigenvalue weighted by Gasteiger charge is -2.47.